The van der Waals surface area contributed by atoms with Crippen molar-refractivity contribution in [2.45, 2.75) is 26.7 Å². The number of furan rings is 2. The number of aryl methyl sites for hydroxylation is 1. The lowest BCUT2D eigenvalue weighted by Crippen LogP contribution is -2.12. The molecule has 0 radical (unpaired) electrons. The van der Waals surface area contributed by atoms with Crippen LogP contribution in [0.2, 0.25) is 0 Å². The summed E-state index contributed by atoms with van der Waals surface area (Å²) in [6.07, 6.45) is 10.5. The number of pyridine rings is 1. The summed E-state index contributed by atoms with van der Waals surface area (Å²) in [4.78, 5) is 20.5. The Bertz CT molecular complexity index is 3640. The van der Waals surface area contributed by atoms with E-state index in [1.54, 1.807) is 0 Å². The first kappa shape index (κ1) is 38.5. The van der Waals surface area contributed by atoms with Gasteiger partial charge in [-0.3, -0.25) is 9.98 Å². The zero-order valence-electron chi connectivity index (χ0n) is 36.2. The third-order valence-corrected chi connectivity index (χ3v) is 12.9. The van der Waals surface area contributed by atoms with Gasteiger partial charge in [-0.1, -0.05) is 122 Å². The maximum Gasteiger partial charge on any atom is 0.137 e. The number of fused-ring (bicyclic) bond motifs is 7. The first-order valence-corrected chi connectivity index (χ1v) is 22.1. The number of rotatable bonds is 7. The summed E-state index contributed by atoms with van der Waals surface area (Å²) < 4.78 is 12.5. The highest BCUT2D eigenvalue weighted by atomic mass is 16.3. The minimum Gasteiger partial charge on any atom is -0.456 e. The Kier molecular flexibility index (Phi) is 9.19. The average Bonchev–Trinajstić information content (AvgIpc) is 3.92. The Morgan fingerprint density at radius 1 is 0.523 bits per heavy atom. The highest BCUT2D eigenvalue weighted by Crippen LogP contribution is 2.40. The van der Waals surface area contributed by atoms with Crippen molar-refractivity contribution in [3.05, 3.63) is 205 Å². The summed E-state index contributed by atoms with van der Waals surface area (Å²) in [5.74, 6) is 1.03. The molecule has 1 aliphatic rings. The van der Waals surface area contributed by atoms with Gasteiger partial charge >= 0.3 is 0 Å². The lowest BCUT2D eigenvalue weighted by molar-refractivity contribution is 0.603. The number of hydrogen-bond donors (Lipinski definition) is 0. The van der Waals surface area contributed by atoms with Crippen molar-refractivity contribution in [3.8, 4) is 44.8 Å². The highest BCUT2D eigenvalue weighted by Gasteiger charge is 2.22. The smallest absolute Gasteiger partial charge is 0.137 e. The van der Waals surface area contributed by atoms with E-state index in [0.29, 0.717) is 0 Å². The molecule has 0 bridgehead atoms. The molecule has 0 saturated carbocycles. The molecule has 2 atom stereocenters. The van der Waals surface area contributed by atoms with Gasteiger partial charge in [0.1, 0.15) is 28.2 Å². The summed E-state index contributed by atoms with van der Waals surface area (Å²) in [6, 6.07) is 55.2. The molecule has 12 rings (SSSR count). The van der Waals surface area contributed by atoms with Crippen molar-refractivity contribution in [1.82, 2.24) is 15.0 Å². The third-order valence-electron chi connectivity index (χ3n) is 12.9. The Labute approximate surface area is 376 Å². The Morgan fingerprint density at radius 3 is 1.77 bits per heavy atom. The van der Waals surface area contributed by atoms with E-state index in [-0.39, 0.29) is 11.8 Å². The molecule has 310 valence electrons. The van der Waals surface area contributed by atoms with E-state index in [2.05, 4.69) is 177 Å². The lowest BCUT2D eigenvalue weighted by atomic mass is 9.89. The van der Waals surface area contributed by atoms with Gasteiger partial charge in [-0.2, -0.15) is 0 Å². The molecule has 0 N–H and O–H groups in total. The third kappa shape index (κ3) is 6.91. The molecule has 1 aliphatic carbocycles. The standard InChI is InChI=1S/C59H42N4O2/c1-35-11-4-5-13-46(35)59-62-51(39-22-20-38(21-23-39)37(3)61-57-36(2)18-19-40-12-10-28-60-58(40)57)34-52(63-59)45-30-43(41-24-26-55-49(32-41)47-14-6-8-16-53(47)64-55)29-44(31-45)42-25-27-56-50(33-42)48-15-7-9-17-54(48)65-56/h4-35,46H,1-3H3. The minimum atomic E-state index is 0.0149. The van der Waals surface area contributed by atoms with Gasteiger partial charge in [0.15, 0.2) is 0 Å². The quantitative estimate of drug-likeness (QED) is 0.149. The molecule has 7 aromatic carbocycles. The van der Waals surface area contributed by atoms with Crippen LogP contribution in [0.25, 0.3) is 99.5 Å². The highest BCUT2D eigenvalue weighted by molar-refractivity contribution is 6.08. The van der Waals surface area contributed by atoms with Crippen LogP contribution in [-0.2, 0) is 0 Å². The number of para-hydroxylation sites is 2. The molecule has 4 heterocycles. The van der Waals surface area contributed by atoms with Crippen LogP contribution in [0.1, 0.15) is 36.7 Å². The molecule has 2 unspecified atom stereocenters. The first-order valence-electron chi connectivity index (χ1n) is 22.1. The lowest BCUT2D eigenvalue weighted by Gasteiger charge is -2.21. The van der Waals surface area contributed by atoms with E-state index in [1.807, 2.05) is 36.5 Å². The van der Waals surface area contributed by atoms with Gasteiger partial charge in [-0.15, -0.1) is 0 Å². The second kappa shape index (κ2) is 15.5. The van der Waals surface area contributed by atoms with Crippen LogP contribution in [0.15, 0.2) is 202 Å². The number of allylic oxidation sites excluding steroid dienone is 4. The van der Waals surface area contributed by atoms with Crippen molar-refractivity contribution in [3.63, 3.8) is 0 Å². The molecule has 6 heteroatoms. The second-order valence-electron chi connectivity index (χ2n) is 17.1. The van der Waals surface area contributed by atoms with E-state index in [9.17, 15) is 0 Å². The van der Waals surface area contributed by atoms with Crippen molar-refractivity contribution >= 4 is 66.2 Å². The molecule has 0 amide bonds. The average molecular weight is 839 g/mol. The van der Waals surface area contributed by atoms with Crippen LogP contribution >= 0.6 is 0 Å². The molecule has 0 spiro atoms. The molecule has 6 nitrogen and oxygen atoms in total. The number of aromatic nitrogens is 3. The van der Waals surface area contributed by atoms with Gasteiger partial charge in [-0.25, -0.2) is 9.97 Å². The largest absolute Gasteiger partial charge is 0.456 e. The van der Waals surface area contributed by atoms with Gasteiger partial charge in [-0.05, 0) is 120 Å². The molecule has 0 aliphatic heterocycles. The molecule has 0 fully saturated rings. The zero-order valence-corrected chi connectivity index (χ0v) is 36.2. The predicted octanol–water partition coefficient (Wildman–Crippen LogP) is 15.8. The molecule has 11 aromatic rings. The second-order valence-corrected chi connectivity index (χ2v) is 17.1. The molecular formula is C59H42N4O2. The topological polar surface area (TPSA) is 77.3 Å². The summed E-state index contributed by atoms with van der Waals surface area (Å²) in [6.45, 7) is 6.38. The fraction of sp³-hybridized carbons (Fsp3) is 0.0847. The minimum absolute atomic E-state index is 0.0149. The van der Waals surface area contributed by atoms with E-state index in [0.717, 1.165) is 128 Å². The number of benzene rings is 7. The summed E-state index contributed by atoms with van der Waals surface area (Å²) in [7, 11) is 0. The van der Waals surface area contributed by atoms with Crippen LogP contribution in [0.5, 0.6) is 0 Å². The Balaban J connectivity index is 1.01. The van der Waals surface area contributed by atoms with Gasteiger partial charge in [0, 0.05) is 55.9 Å². The van der Waals surface area contributed by atoms with Crippen molar-refractivity contribution < 1.29 is 8.83 Å². The number of hydrogen-bond acceptors (Lipinski definition) is 6. The molecule has 4 aromatic heterocycles. The van der Waals surface area contributed by atoms with Crippen molar-refractivity contribution in [2.24, 2.45) is 10.9 Å². The molecule has 0 saturated heterocycles. The van der Waals surface area contributed by atoms with Crippen molar-refractivity contribution in [2.75, 3.05) is 0 Å². The first-order chi connectivity index (χ1) is 31.9. The predicted molar refractivity (Wildman–Crippen MR) is 267 cm³/mol. The van der Waals surface area contributed by atoms with E-state index < -0.39 is 0 Å². The summed E-state index contributed by atoms with van der Waals surface area (Å²) in [5.41, 5.74) is 16.4. The van der Waals surface area contributed by atoms with Crippen molar-refractivity contribution in [1.29, 1.82) is 0 Å². The molecule has 65 heavy (non-hydrogen) atoms. The maximum atomic E-state index is 6.25. The van der Waals surface area contributed by atoms with E-state index in [1.165, 1.54) is 0 Å². The van der Waals surface area contributed by atoms with Crippen LogP contribution < -0.4 is 0 Å². The number of nitrogens with zero attached hydrogens (tertiary/aromatic N) is 4. The number of aliphatic imine (C=N–C) groups is 1. The van der Waals surface area contributed by atoms with Gasteiger partial charge in [0.05, 0.1) is 22.6 Å². The summed E-state index contributed by atoms with van der Waals surface area (Å²) in [5, 5.41) is 5.44. The normalized spacial score (nSPS) is 15.3. The van der Waals surface area contributed by atoms with E-state index >= 15 is 0 Å². The zero-order chi connectivity index (χ0) is 43.6. The van der Waals surface area contributed by atoms with E-state index in [4.69, 9.17) is 23.8 Å². The monoisotopic (exact) mass is 838 g/mol. The van der Waals surface area contributed by atoms with Gasteiger partial charge < -0.3 is 8.83 Å². The van der Waals surface area contributed by atoms with Crippen LogP contribution in [-0.4, -0.2) is 20.7 Å². The fourth-order valence-corrected chi connectivity index (χ4v) is 9.36. The van der Waals surface area contributed by atoms with Gasteiger partial charge in [0.25, 0.3) is 0 Å². The molecular weight excluding hydrogens is 797 g/mol. The Morgan fingerprint density at radius 2 is 1.11 bits per heavy atom. The fourth-order valence-electron chi connectivity index (χ4n) is 9.36. The SMILES string of the molecule is CC(=Nc1c(C)ccc2cccnc12)c1ccc(-c2cc(-c3cc(-c4ccc5oc6ccccc6c5c4)cc(-c4ccc5oc6ccccc6c5c4)c3)nc(C3C=CC=CC3C)n2)cc1. The maximum absolute atomic E-state index is 6.25. The summed E-state index contributed by atoms with van der Waals surface area (Å²) >= 11 is 0. The van der Waals surface area contributed by atoms with Crippen LogP contribution in [0.3, 0.4) is 0 Å². The van der Waals surface area contributed by atoms with Gasteiger partial charge in [0.2, 0.25) is 0 Å². The van der Waals surface area contributed by atoms with Crippen LogP contribution in [0.4, 0.5) is 5.69 Å². The Hall–Kier alpha value is -8.22. The van der Waals surface area contributed by atoms with Crippen LogP contribution in [0, 0.1) is 12.8 Å².